The van der Waals surface area contributed by atoms with E-state index in [4.69, 9.17) is 0 Å². The van der Waals surface area contributed by atoms with Crippen LogP contribution in [-0.2, 0) is 6.42 Å². The lowest BCUT2D eigenvalue weighted by Crippen LogP contribution is -2.27. The lowest BCUT2D eigenvalue weighted by atomic mass is 10.1. The number of pyridine rings is 1. The Kier molecular flexibility index (Phi) is 3.53. The fraction of sp³-hybridized carbons (Fsp3) is 0.176. The molecule has 6 nitrogen and oxygen atoms in total. The molecule has 0 unspecified atom stereocenters. The lowest BCUT2D eigenvalue weighted by Gasteiger charge is -2.14. The van der Waals surface area contributed by atoms with Gasteiger partial charge in [-0.1, -0.05) is 12.1 Å². The molecule has 2 aromatic heterocycles. The van der Waals surface area contributed by atoms with Crippen LogP contribution in [0.1, 0.15) is 33.9 Å². The minimum absolute atomic E-state index is 0.175. The number of carbonyl (C=O) groups excluding carboxylic acids is 1. The Hall–Kier alpha value is -3.09. The largest absolute Gasteiger partial charge is 0.345 e. The Bertz CT molecular complexity index is 894. The molecule has 7 heteroatoms. The van der Waals surface area contributed by atoms with Gasteiger partial charge in [0.05, 0.1) is 6.04 Å². The third kappa shape index (κ3) is 2.54. The summed E-state index contributed by atoms with van der Waals surface area (Å²) >= 11 is 0. The van der Waals surface area contributed by atoms with Crippen LogP contribution in [0.2, 0.25) is 0 Å². The highest BCUT2D eigenvalue weighted by atomic mass is 19.1. The summed E-state index contributed by atoms with van der Waals surface area (Å²) < 4.78 is 15.3. The Balaban J connectivity index is 1.56. The summed E-state index contributed by atoms with van der Waals surface area (Å²) in [6.45, 7) is 0. The Morgan fingerprint density at radius 3 is 3.08 bits per heavy atom. The van der Waals surface area contributed by atoms with Crippen molar-refractivity contribution < 1.29 is 9.18 Å². The fourth-order valence-electron chi connectivity index (χ4n) is 3.01. The standard InChI is InChI=1S/C17H14FN5O/c18-14-3-1-2-13-12(14)4-5-15(13)22-17(24)11-6-7-20-16(8-11)23-10-19-9-21-23/h1-3,6-10,15H,4-5H2,(H,22,24)/t15-/m1/s1. The molecule has 4 rings (SSSR count). The molecular formula is C17H14FN5O. The number of halogens is 1. The van der Waals surface area contributed by atoms with Gasteiger partial charge in [-0.15, -0.1) is 0 Å². The number of hydrogen-bond acceptors (Lipinski definition) is 4. The molecule has 1 atom stereocenters. The van der Waals surface area contributed by atoms with Gasteiger partial charge in [0.25, 0.3) is 5.91 Å². The maximum absolute atomic E-state index is 13.8. The van der Waals surface area contributed by atoms with Crippen molar-refractivity contribution in [2.24, 2.45) is 0 Å². The predicted molar refractivity (Wildman–Crippen MR) is 84.1 cm³/mol. The molecule has 1 aliphatic carbocycles. The van der Waals surface area contributed by atoms with Crippen LogP contribution in [0.15, 0.2) is 49.2 Å². The zero-order valence-electron chi connectivity index (χ0n) is 12.7. The summed E-state index contributed by atoms with van der Waals surface area (Å²) in [5.74, 6) is 0.0838. The summed E-state index contributed by atoms with van der Waals surface area (Å²) in [6, 6.07) is 8.10. The molecule has 3 aromatic rings. The lowest BCUT2D eigenvalue weighted by molar-refractivity contribution is 0.0936. The first-order valence-corrected chi connectivity index (χ1v) is 7.61. The van der Waals surface area contributed by atoms with Gasteiger partial charge in [-0.3, -0.25) is 4.79 Å². The first-order chi connectivity index (χ1) is 11.7. The number of nitrogens with one attached hydrogen (secondary N) is 1. The average molecular weight is 323 g/mol. The molecule has 1 amide bonds. The van der Waals surface area contributed by atoms with Crippen molar-refractivity contribution in [2.75, 3.05) is 0 Å². The number of rotatable bonds is 3. The molecule has 120 valence electrons. The second-order valence-corrected chi connectivity index (χ2v) is 5.62. The van der Waals surface area contributed by atoms with Crippen LogP contribution in [0, 0.1) is 5.82 Å². The normalized spacial score (nSPS) is 16.0. The van der Waals surface area contributed by atoms with Crippen molar-refractivity contribution in [3.8, 4) is 5.82 Å². The van der Waals surface area contributed by atoms with E-state index in [1.54, 1.807) is 24.4 Å². The molecule has 0 saturated heterocycles. The van der Waals surface area contributed by atoms with E-state index in [2.05, 4.69) is 20.4 Å². The summed E-state index contributed by atoms with van der Waals surface area (Å²) in [4.78, 5) is 20.6. The van der Waals surface area contributed by atoms with Gasteiger partial charge in [0.1, 0.15) is 18.5 Å². The van der Waals surface area contributed by atoms with Crippen molar-refractivity contribution in [2.45, 2.75) is 18.9 Å². The van der Waals surface area contributed by atoms with E-state index in [1.165, 1.54) is 23.4 Å². The maximum Gasteiger partial charge on any atom is 0.251 e. The number of aromatic nitrogens is 4. The predicted octanol–water partition coefficient (Wildman–Crippen LogP) is 2.22. The van der Waals surface area contributed by atoms with Gasteiger partial charge in [-0.05, 0) is 42.2 Å². The summed E-state index contributed by atoms with van der Waals surface area (Å²) in [5.41, 5.74) is 2.02. The number of carbonyl (C=O) groups is 1. The average Bonchev–Trinajstić information content (AvgIpc) is 3.26. The monoisotopic (exact) mass is 323 g/mol. The van der Waals surface area contributed by atoms with Gasteiger partial charge in [0.15, 0.2) is 5.82 Å². The molecule has 0 radical (unpaired) electrons. The molecule has 0 saturated carbocycles. The minimum Gasteiger partial charge on any atom is -0.345 e. The van der Waals surface area contributed by atoms with E-state index in [1.807, 2.05) is 6.07 Å². The van der Waals surface area contributed by atoms with E-state index < -0.39 is 0 Å². The van der Waals surface area contributed by atoms with Gasteiger partial charge in [0, 0.05) is 11.8 Å². The van der Waals surface area contributed by atoms with Gasteiger partial charge < -0.3 is 5.32 Å². The number of nitrogens with zero attached hydrogens (tertiary/aromatic N) is 4. The number of fused-ring (bicyclic) bond motifs is 1. The highest BCUT2D eigenvalue weighted by Crippen LogP contribution is 2.32. The van der Waals surface area contributed by atoms with E-state index in [-0.39, 0.29) is 17.8 Å². The van der Waals surface area contributed by atoms with E-state index in [9.17, 15) is 9.18 Å². The second-order valence-electron chi connectivity index (χ2n) is 5.62. The molecule has 0 aliphatic heterocycles. The molecule has 1 aromatic carbocycles. The van der Waals surface area contributed by atoms with Crippen molar-refractivity contribution in [3.63, 3.8) is 0 Å². The molecular weight excluding hydrogens is 309 g/mol. The first-order valence-electron chi connectivity index (χ1n) is 7.61. The molecule has 1 aliphatic rings. The van der Waals surface area contributed by atoms with Crippen LogP contribution in [0.25, 0.3) is 5.82 Å². The minimum atomic E-state index is -0.221. The number of amides is 1. The summed E-state index contributed by atoms with van der Waals surface area (Å²) in [7, 11) is 0. The number of benzene rings is 1. The van der Waals surface area contributed by atoms with Gasteiger partial charge in [-0.25, -0.2) is 19.0 Å². The van der Waals surface area contributed by atoms with Gasteiger partial charge in [0.2, 0.25) is 0 Å². The topological polar surface area (TPSA) is 72.7 Å². The first kappa shape index (κ1) is 14.5. The van der Waals surface area contributed by atoms with Crippen molar-refractivity contribution in [1.82, 2.24) is 25.1 Å². The van der Waals surface area contributed by atoms with Crippen LogP contribution < -0.4 is 5.32 Å². The van der Waals surface area contributed by atoms with Crippen LogP contribution in [-0.4, -0.2) is 25.7 Å². The van der Waals surface area contributed by atoms with E-state index in [0.717, 1.165) is 5.56 Å². The third-order valence-corrected chi connectivity index (χ3v) is 4.18. The summed E-state index contributed by atoms with van der Waals surface area (Å²) in [5, 5.41) is 6.97. The smallest absolute Gasteiger partial charge is 0.251 e. The van der Waals surface area contributed by atoms with Crippen LogP contribution in [0.4, 0.5) is 4.39 Å². The molecule has 0 bridgehead atoms. The van der Waals surface area contributed by atoms with E-state index in [0.29, 0.717) is 29.8 Å². The SMILES string of the molecule is O=C(N[C@@H]1CCc2c(F)cccc21)c1ccnc(-n2cncn2)c1. The van der Waals surface area contributed by atoms with Crippen molar-refractivity contribution >= 4 is 5.91 Å². The zero-order valence-corrected chi connectivity index (χ0v) is 12.7. The van der Waals surface area contributed by atoms with Crippen molar-refractivity contribution in [1.29, 1.82) is 0 Å². The van der Waals surface area contributed by atoms with Crippen LogP contribution >= 0.6 is 0 Å². The molecule has 0 spiro atoms. The second kappa shape index (κ2) is 5.84. The Morgan fingerprint density at radius 2 is 2.25 bits per heavy atom. The molecule has 2 heterocycles. The Labute approximate surface area is 137 Å². The van der Waals surface area contributed by atoms with E-state index >= 15 is 0 Å². The van der Waals surface area contributed by atoms with Crippen LogP contribution in [0.5, 0.6) is 0 Å². The number of hydrogen-bond donors (Lipinski definition) is 1. The highest BCUT2D eigenvalue weighted by molar-refractivity contribution is 5.94. The fourth-order valence-corrected chi connectivity index (χ4v) is 3.01. The molecule has 0 fully saturated rings. The quantitative estimate of drug-likeness (QED) is 0.802. The maximum atomic E-state index is 13.8. The zero-order chi connectivity index (χ0) is 16.5. The summed E-state index contributed by atoms with van der Waals surface area (Å²) in [6.07, 6.45) is 5.79. The molecule has 1 N–H and O–H groups in total. The van der Waals surface area contributed by atoms with Gasteiger partial charge in [-0.2, -0.15) is 5.10 Å². The third-order valence-electron chi connectivity index (χ3n) is 4.18. The van der Waals surface area contributed by atoms with Crippen molar-refractivity contribution in [3.05, 3.63) is 71.7 Å². The molecule has 24 heavy (non-hydrogen) atoms. The van der Waals surface area contributed by atoms with Gasteiger partial charge >= 0.3 is 0 Å². The highest BCUT2D eigenvalue weighted by Gasteiger charge is 2.26. The van der Waals surface area contributed by atoms with Crippen LogP contribution in [0.3, 0.4) is 0 Å². The Morgan fingerprint density at radius 1 is 1.33 bits per heavy atom.